The van der Waals surface area contributed by atoms with E-state index in [1.165, 1.54) is 0 Å². The van der Waals surface area contributed by atoms with Crippen molar-refractivity contribution < 1.29 is 9.90 Å². The van der Waals surface area contributed by atoms with Crippen LogP contribution in [-0.2, 0) is 11.3 Å². The lowest BCUT2D eigenvalue weighted by Crippen LogP contribution is -2.35. The highest BCUT2D eigenvalue weighted by Crippen LogP contribution is 2.09. The molecule has 0 saturated carbocycles. The first kappa shape index (κ1) is 13.3. The highest BCUT2D eigenvalue weighted by Gasteiger charge is 2.17. The van der Waals surface area contributed by atoms with Gasteiger partial charge in [-0.15, -0.1) is 0 Å². The molecule has 2 aromatic rings. The fourth-order valence-electron chi connectivity index (χ4n) is 1.75. The summed E-state index contributed by atoms with van der Waals surface area (Å²) in [7, 11) is 1.78. The van der Waals surface area contributed by atoms with Crippen molar-refractivity contribution in [1.82, 2.24) is 14.7 Å². The van der Waals surface area contributed by atoms with E-state index in [-0.39, 0.29) is 0 Å². The van der Waals surface area contributed by atoms with Gasteiger partial charge in [-0.05, 0) is 32.2 Å². The molecule has 1 atom stereocenters. The van der Waals surface area contributed by atoms with Gasteiger partial charge in [0, 0.05) is 12.7 Å². The number of carboxylic acid groups (broad SMARTS) is 1. The summed E-state index contributed by atoms with van der Waals surface area (Å²) >= 11 is 0. The number of benzene rings is 1. The van der Waals surface area contributed by atoms with Crippen molar-refractivity contribution >= 4 is 5.97 Å². The van der Waals surface area contributed by atoms with Crippen LogP contribution in [0.2, 0.25) is 0 Å². The summed E-state index contributed by atoms with van der Waals surface area (Å²) in [5.41, 5.74) is 1.84. The third-order valence-corrected chi connectivity index (χ3v) is 3.09. The van der Waals surface area contributed by atoms with Crippen molar-refractivity contribution in [1.29, 1.82) is 0 Å². The Balaban J connectivity index is 2.08. The van der Waals surface area contributed by atoms with Crippen molar-refractivity contribution in [3.63, 3.8) is 0 Å². The van der Waals surface area contributed by atoms with Gasteiger partial charge in [-0.25, -0.2) is 4.68 Å². The van der Waals surface area contributed by atoms with E-state index in [0.29, 0.717) is 6.54 Å². The van der Waals surface area contributed by atoms with E-state index in [1.807, 2.05) is 42.6 Å². The summed E-state index contributed by atoms with van der Waals surface area (Å²) in [4.78, 5) is 12.6. The van der Waals surface area contributed by atoms with Gasteiger partial charge < -0.3 is 5.11 Å². The van der Waals surface area contributed by atoms with Gasteiger partial charge >= 0.3 is 5.97 Å². The third-order valence-electron chi connectivity index (χ3n) is 3.09. The molecule has 0 aliphatic rings. The van der Waals surface area contributed by atoms with Gasteiger partial charge in [-0.1, -0.05) is 18.2 Å². The van der Waals surface area contributed by atoms with Crippen LogP contribution < -0.4 is 0 Å². The van der Waals surface area contributed by atoms with Crippen LogP contribution >= 0.6 is 0 Å². The summed E-state index contributed by atoms with van der Waals surface area (Å²) in [6, 6.07) is 11.2. The molecule has 2 rings (SSSR count). The monoisotopic (exact) mass is 259 g/mol. The molecule has 5 heteroatoms. The number of aromatic nitrogens is 2. The zero-order chi connectivity index (χ0) is 13.8. The van der Waals surface area contributed by atoms with Crippen LogP contribution in [0.4, 0.5) is 0 Å². The Morgan fingerprint density at radius 1 is 1.37 bits per heavy atom. The maximum absolute atomic E-state index is 10.9. The number of nitrogens with zero attached hydrogens (tertiary/aromatic N) is 3. The van der Waals surface area contributed by atoms with Crippen molar-refractivity contribution in [3.8, 4) is 5.69 Å². The topological polar surface area (TPSA) is 58.4 Å². The molecule has 5 nitrogen and oxygen atoms in total. The first-order valence-corrected chi connectivity index (χ1v) is 6.11. The molecule has 0 radical (unpaired) electrons. The van der Waals surface area contributed by atoms with E-state index in [0.717, 1.165) is 11.4 Å². The quantitative estimate of drug-likeness (QED) is 0.889. The Labute approximate surface area is 112 Å². The van der Waals surface area contributed by atoms with Crippen LogP contribution in [0.25, 0.3) is 5.69 Å². The average Bonchev–Trinajstić information content (AvgIpc) is 2.87. The Kier molecular flexibility index (Phi) is 3.97. The lowest BCUT2D eigenvalue weighted by Gasteiger charge is -2.19. The predicted molar refractivity (Wildman–Crippen MR) is 72.1 cm³/mol. The minimum Gasteiger partial charge on any atom is -0.480 e. The van der Waals surface area contributed by atoms with E-state index in [4.69, 9.17) is 5.11 Å². The number of hydrogen-bond acceptors (Lipinski definition) is 3. The first-order valence-electron chi connectivity index (χ1n) is 6.11. The van der Waals surface area contributed by atoms with Gasteiger partial charge in [-0.2, -0.15) is 5.10 Å². The normalized spacial score (nSPS) is 12.6. The van der Waals surface area contributed by atoms with Gasteiger partial charge in [0.1, 0.15) is 6.04 Å². The van der Waals surface area contributed by atoms with Crippen LogP contribution in [0.5, 0.6) is 0 Å². The van der Waals surface area contributed by atoms with Crippen LogP contribution in [0.15, 0.2) is 42.6 Å². The summed E-state index contributed by atoms with van der Waals surface area (Å²) in [5, 5.41) is 13.4. The van der Waals surface area contributed by atoms with Crippen molar-refractivity contribution in [2.24, 2.45) is 0 Å². The number of carbonyl (C=O) groups is 1. The molecule has 0 spiro atoms. The second kappa shape index (κ2) is 5.67. The zero-order valence-electron chi connectivity index (χ0n) is 11.0. The molecular formula is C14H17N3O2. The van der Waals surface area contributed by atoms with E-state index in [1.54, 1.807) is 23.6 Å². The predicted octanol–water partition coefficient (Wildman–Crippen LogP) is 1.78. The van der Waals surface area contributed by atoms with Crippen LogP contribution in [0, 0.1) is 0 Å². The standard InChI is InChI=1S/C14H17N3O2/c1-11(14(18)19)16(2)10-12-8-9-17(15-12)13-6-4-3-5-7-13/h3-9,11H,10H2,1-2H3,(H,18,19). The molecule has 100 valence electrons. The summed E-state index contributed by atoms with van der Waals surface area (Å²) in [5.74, 6) is -0.829. The Bertz CT molecular complexity index is 551. The lowest BCUT2D eigenvalue weighted by molar-refractivity contribution is -0.142. The molecule has 1 N–H and O–H groups in total. The number of rotatable bonds is 5. The van der Waals surface area contributed by atoms with Gasteiger partial charge in [0.15, 0.2) is 0 Å². The summed E-state index contributed by atoms with van der Waals surface area (Å²) < 4.78 is 1.79. The van der Waals surface area contributed by atoms with E-state index < -0.39 is 12.0 Å². The molecule has 19 heavy (non-hydrogen) atoms. The molecule has 1 aromatic carbocycles. The fourth-order valence-corrected chi connectivity index (χ4v) is 1.75. The lowest BCUT2D eigenvalue weighted by atomic mass is 10.3. The highest BCUT2D eigenvalue weighted by molar-refractivity contribution is 5.72. The van der Waals surface area contributed by atoms with Crippen LogP contribution in [-0.4, -0.2) is 38.8 Å². The van der Waals surface area contributed by atoms with E-state index in [2.05, 4.69) is 5.10 Å². The highest BCUT2D eigenvalue weighted by atomic mass is 16.4. The Morgan fingerprint density at radius 3 is 2.68 bits per heavy atom. The number of aliphatic carboxylic acids is 1. The van der Waals surface area contributed by atoms with Gasteiger partial charge in [0.25, 0.3) is 0 Å². The van der Waals surface area contributed by atoms with E-state index >= 15 is 0 Å². The van der Waals surface area contributed by atoms with Gasteiger partial charge in [-0.3, -0.25) is 9.69 Å². The average molecular weight is 259 g/mol. The minimum absolute atomic E-state index is 0.507. The number of carboxylic acids is 1. The smallest absolute Gasteiger partial charge is 0.320 e. The molecule has 0 saturated heterocycles. The van der Waals surface area contributed by atoms with Crippen molar-refractivity contribution in [2.75, 3.05) is 7.05 Å². The zero-order valence-corrected chi connectivity index (χ0v) is 11.0. The molecule has 1 unspecified atom stereocenters. The Morgan fingerprint density at radius 2 is 2.05 bits per heavy atom. The Hall–Kier alpha value is -2.14. The number of likely N-dealkylation sites (N-methyl/N-ethyl adjacent to an activating group) is 1. The molecule has 0 aliphatic heterocycles. The van der Waals surface area contributed by atoms with Gasteiger partial charge in [0.05, 0.1) is 11.4 Å². The second-order valence-electron chi connectivity index (χ2n) is 4.52. The second-order valence-corrected chi connectivity index (χ2v) is 4.52. The fraction of sp³-hybridized carbons (Fsp3) is 0.286. The van der Waals surface area contributed by atoms with Crippen LogP contribution in [0.3, 0.4) is 0 Å². The van der Waals surface area contributed by atoms with Crippen molar-refractivity contribution in [3.05, 3.63) is 48.3 Å². The first-order chi connectivity index (χ1) is 9.08. The molecule has 0 fully saturated rings. The molecular weight excluding hydrogens is 242 g/mol. The summed E-state index contributed by atoms with van der Waals surface area (Å²) in [6.45, 7) is 2.17. The molecule has 1 aromatic heterocycles. The van der Waals surface area contributed by atoms with Gasteiger partial charge in [0.2, 0.25) is 0 Å². The molecule has 1 heterocycles. The van der Waals surface area contributed by atoms with E-state index in [9.17, 15) is 4.79 Å². The minimum atomic E-state index is -0.829. The molecule has 0 bridgehead atoms. The molecule has 0 amide bonds. The largest absolute Gasteiger partial charge is 0.480 e. The van der Waals surface area contributed by atoms with Crippen molar-refractivity contribution in [2.45, 2.75) is 19.5 Å². The number of para-hydroxylation sites is 1. The molecule has 0 aliphatic carbocycles. The maximum Gasteiger partial charge on any atom is 0.320 e. The van der Waals surface area contributed by atoms with Crippen LogP contribution in [0.1, 0.15) is 12.6 Å². The maximum atomic E-state index is 10.9. The third kappa shape index (κ3) is 3.20. The number of hydrogen-bond donors (Lipinski definition) is 1. The SMILES string of the molecule is CC(C(=O)O)N(C)Cc1ccn(-c2ccccc2)n1. The summed E-state index contributed by atoms with van der Waals surface area (Å²) in [6.07, 6.45) is 1.88.